The molecule has 2 heterocycles. The van der Waals surface area contributed by atoms with Crippen molar-refractivity contribution in [1.82, 2.24) is 4.90 Å². The molecule has 1 N–H and O–H groups in total. The van der Waals surface area contributed by atoms with Gasteiger partial charge < -0.3 is 19.5 Å². The first-order valence-corrected chi connectivity index (χ1v) is 6.11. The number of β-amino-alcohol motifs (C(OH)–C–C–N with tert-alkyl or cyclic N) is 1. The van der Waals surface area contributed by atoms with Crippen LogP contribution in [0.15, 0.2) is 18.2 Å². The summed E-state index contributed by atoms with van der Waals surface area (Å²) in [6, 6.07) is 5.20. The normalized spacial score (nSPS) is 22.1. The molecular weight excluding hydrogens is 234 g/mol. The molecule has 1 fully saturated rings. The van der Waals surface area contributed by atoms with E-state index in [1.807, 2.05) is 0 Å². The van der Waals surface area contributed by atoms with Gasteiger partial charge in [-0.1, -0.05) is 0 Å². The second kappa shape index (κ2) is 4.49. The van der Waals surface area contributed by atoms with E-state index in [1.54, 1.807) is 23.1 Å². The van der Waals surface area contributed by atoms with Crippen LogP contribution in [-0.2, 0) is 0 Å². The molecule has 0 aliphatic carbocycles. The molecule has 0 unspecified atom stereocenters. The van der Waals surface area contributed by atoms with Gasteiger partial charge in [-0.2, -0.15) is 0 Å². The molecule has 5 heteroatoms. The van der Waals surface area contributed by atoms with Crippen molar-refractivity contribution in [3.8, 4) is 11.5 Å². The second-order valence-corrected chi connectivity index (χ2v) is 4.55. The zero-order valence-electron chi connectivity index (χ0n) is 9.96. The molecule has 96 valence electrons. The number of likely N-dealkylation sites (tertiary alicyclic amines) is 1. The maximum Gasteiger partial charge on any atom is 0.254 e. The van der Waals surface area contributed by atoms with Gasteiger partial charge in [0.05, 0.1) is 6.10 Å². The van der Waals surface area contributed by atoms with Gasteiger partial charge in [-0.3, -0.25) is 4.79 Å². The third-order valence-electron chi connectivity index (χ3n) is 3.24. The molecule has 0 spiro atoms. The maximum atomic E-state index is 12.2. The Morgan fingerprint density at radius 3 is 2.78 bits per heavy atom. The van der Waals surface area contributed by atoms with E-state index in [2.05, 4.69) is 0 Å². The van der Waals surface area contributed by atoms with E-state index < -0.39 is 6.10 Å². The van der Waals surface area contributed by atoms with Crippen LogP contribution in [0.1, 0.15) is 16.8 Å². The summed E-state index contributed by atoms with van der Waals surface area (Å²) in [4.78, 5) is 13.9. The van der Waals surface area contributed by atoms with Crippen LogP contribution in [0.4, 0.5) is 0 Å². The minimum atomic E-state index is -0.397. The predicted octanol–water partition coefficient (Wildman–Crippen LogP) is 0.665. The van der Waals surface area contributed by atoms with Crippen molar-refractivity contribution in [2.75, 3.05) is 26.3 Å². The fourth-order valence-electron chi connectivity index (χ4n) is 2.29. The summed E-state index contributed by atoms with van der Waals surface area (Å²) in [7, 11) is 0. The van der Waals surface area contributed by atoms with E-state index in [1.165, 1.54) is 0 Å². The van der Waals surface area contributed by atoms with E-state index in [4.69, 9.17) is 9.47 Å². The van der Waals surface area contributed by atoms with Gasteiger partial charge in [-0.25, -0.2) is 0 Å². The third kappa shape index (κ3) is 2.01. The number of hydrogen-bond acceptors (Lipinski definition) is 4. The fourth-order valence-corrected chi connectivity index (χ4v) is 2.29. The van der Waals surface area contributed by atoms with Crippen molar-refractivity contribution in [2.24, 2.45) is 0 Å². The molecule has 1 saturated heterocycles. The van der Waals surface area contributed by atoms with Crippen molar-refractivity contribution in [3.05, 3.63) is 23.8 Å². The highest BCUT2D eigenvalue weighted by Gasteiger charge is 2.26. The summed E-state index contributed by atoms with van der Waals surface area (Å²) < 4.78 is 10.9. The van der Waals surface area contributed by atoms with Crippen LogP contribution in [0.5, 0.6) is 11.5 Å². The molecule has 1 aromatic rings. The lowest BCUT2D eigenvalue weighted by molar-refractivity contribution is 0.0764. The van der Waals surface area contributed by atoms with Gasteiger partial charge >= 0.3 is 0 Å². The van der Waals surface area contributed by atoms with Crippen molar-refractivity contribution in [3.63, 3.8) is 0 Å². The van der Waals surface area contributed by atoms with Crippen LogP contribution in [0, 0.1) is 0 Å². The molecule has 5 nitrogen and oxygen atoms in total. The average Bonchev–Trinajstić information content (AvgIpc) is 2.84. The number of nitrogens with zero attached hydrogens (tertiary/aromatic N) is 1. The summed E-state index contributed by atoms with van der Waals surface area (Å²) in [5, 5.41) is 9.45. The average molecular weight is 249 g/mol. The topological polar surface area (TPSA) is 59.0 Å². The number of aliphatic hydroxyl groups is 1. The predicted molar refractivity (Wildman–Crippen MR) is 64.0 cm³/mol. The number of hydrogen-bond donors (Lipinski definition) is 1. The number of carbonyl (C=O) groups excluding carboxylic acids is 1. The number of amides is 1. The monoisotopic (exact) mass is 249 g/mol. The van der Waals surface area contributed by atoms with Gasteiger partial charge in [-0.15, -0.1) is 0 Å². The first-order chi connectivity index (χ1) is 8.74. The van der Waals surface area contributed by atoms with Gasteiger partial charge in [0.15, 0.2) is 11.5 Å². The molecule has 1 amide bonds. The fraction of sp³-hybridized carbons (Fsp3) is 0.462. The molecule has 0 aromatic heterocycles. The third-order valence-corrected chi connectivity index (χ3v) is 3.24. The van der Waals surface area contributed by atoms with Gasteiger partial charge in [0.25, 0.3) is 5.91 Å². The minimum Gasteiger partial charge on any atom is -0.486 e. The quantitative estimate of drug-likeness (QED) is 0.794. The number of rotatable bonds is 1. The van der Waals surface area contributed by atoms with E-state index in [0.29, 0.717) is 49.8 Å². The van der Waals surface area contributed by atoms with Crippen LogP contribution in [-0.4, -0.2) is 48.3 Å². The molecule has 18 heavy (non-hydrogen) atoms. The van der Waals surface area contributed by atoms with Crippen LogP contribution < -0.4 is 9.47 Å². The number of carbonyl (C=O) groups is 1. The largest absolute Gasteiger partial charge is 0.486 e. The SMILES string of the molecule is O=C(c1ccc2c(c1)OCCO2)N1CC[C@H](O)C1. The molecule has 0 saturated carbocycles. The van der Waals surface area contributed by atoms with Crippen molar-refractivity contribution < 1.29 is 19.4 Å². The molecule has 2 aliphatic heterocycles. The molecule has 3 rings (SSSR count). The molecular formula is C13H15NO4. The van der Waals surface area contributed by atoms with E-state index in [0.717, 1.165) is 0 Å². The molecule has 2 aliphatic rings. The smallest absolute Gasteiger partial charge is 0.254 e. The molecule has 1 atom stereocenters. The highest BCUT2D eigenvalue weighted by molar-refractivity contribution is 5.95. The minimum absolute atomic E-state index is 0.0662. The first-order valence-electron chi connectivity index (χ1n) is 6.11. The maximum absolute atomic E-state index is 12.2. The van der Waals surface area contributed by atoms with E-state index in [9.17, 15) is 9.90 Å². The summed E-state index contributed by atoms with van der Waals surface area (Å²) in [5.74, 6) is 1.23. The Balaban J connectivity index is 1.81. The number of fused-ring (bicyclic) bond motifs is 1. The van der Waals surface area contributed by atoms with E-state index in [-0.39, 0.29) is 5.91 Å². The van der Waals surface area contributed by atoms with Crippen LogP contribution in [0.2, 0.25) is 0 Å². The number of benzene rings is 1. The van der Waals surface area contributed by atoms with Crippen LogP contribution in [0.25, 0.3) is 0 Å². The van der Waals surface area contributed by atoms with Crippen LogP contribution in [0.3, 0.4) is 0 Å². The van der Waals surface area contributed by atoms with Crippen molar-refractivity contribution in [2.45, 2.75) is 12.5 Å². The van der Waals surface area contributed by atoms with Crippen molar-refractivity contribution >= 4 is 5.91 Å². The van der Waals surface area contributed by atoms with E-state index >= 15 is 0 Å². The number of ether oxygens (including phenoxy) is 2. The Morgan fingerprint density at radius 1 is 1.28 bits per heavy atom. The summed E-state index contributed by atoms with van der Waals surface area (Å²) >= 11 is 0. The first kappa shape index (κ1) is 11.3. The Bertz CT molecular complexity index is 474. The Kier molecular flexibility index (Phi) is 2.83. The highest BCUT2D eigenvalue weighted by Crippen LogP contribution is 2.31. The Labute approximate surface area is 105 Å². The molecule has 0 radical (unpaired) electrons. The summed E-state index contributed by atoms with van der Waals surface area (Å²) in [5.41, 5.74) is 0.577. The summed E-state index contributed by atoms with van der Waals surface area (Å²) in [6.07, 6.45) is 0.252. The zero-order valence-corrected chi connectivity index (χ0v) is 9.96. The standard InChI is InChI=1S/C13H15NO4/c15-10-3-4-14(8-10)13(16)9-1-2-11-12(7-9)18-6-5-17-11/h1-2,7,10,15H,3-6,8H2/t10-/m0/s1. The second-order valence-electron chi connectivity index (χ2n) is 4.55. The lowest BCUT2D eigenvalue weighted by Crippen LogP contribution is -2.29. The number of aliphatic hydroxyl groups excluding tert-OH is 1. The molecule has 1 aromatic carbocycles. The lowest BCUT2D eigenvalue weighted by atomic mass is 10.1. The Morgan fingerprint density at radius 2 is 2.06 bits per heavy atom. The lowest BCUT2D eigenvalue weighted by Gasteiger charge is -2.20. The zero-order chi connectivity index (χ0) is 12.5. The summed E-state index contributed by atoms with van der Waals surface area (Å²) in [6.45, 7) is 2.06. The van der Waals surface area contributed by atoms with Crippen molar-refractivity contribution in [1.29, 1.82) is 0 Å². The Hall–Kier alpha value is -1.75. The molecule has 0 bridgehead atoms. The van der Waals surface area contributed by atoms with Gasteiger partial charge in [0.1, 0.15) is 13.2 Å². The van der Waals surface area contributed by atoms with Gasteiger partial charge in [0, 0.05) is 18.7 Å². The van der Waals surface area contributed by atoms with Gasteiger partial charge in [-0.05, 0) is 24.6 Å². The van der Waals surface area contributed by atoms with Crippen LogP contribution >= 0.6 is 0 Å². The van der Waals surface area contributed by atoms with Gasteiger partial charge in [0.2, 0.25) is 0 Å². The highest BCUT2D eigenvalue weighted by atomic mass is 16.6.